The van der Waals surface area contributed by atoms with Crippen molar-refractivity contribution in [3.63, 3.8) is 0 Å². The van der Waals surface area contributed by atoms with Gasteiger partial charge in [0.1, 0.15) is 12.1 Å². The maximum Gasteiger partial charge on any atom is 0.321 e. The quantitative estimate of drug-likeness (QED) is 0.364. The number of methoxy groups -OCH3 is 1. The largest absolute Gasteiger partial charge is 0.493 e. The Morgan fingerprint density at radius 3 is 2.47 bits per heavy atom. The molecule has 0 saturated carbocycles. The molecule has 1 fully saturated rings. The van der Waals surface area contributed by atoms with Crippen LogP contribution in [-0.4, -0.2) is 85.8 Å². The van der Waals surface area contributed by atoms with Crippen LogP contribution in [0.15, 0.2) is 42.7 Å². The minimum Gasteiger partial charge on any atom is -0.493 e. The molecule has 3 aromatic rings. The second kappa shape index (κ2) is 13.3. The zero-order valence-corrected chi connectivity index (χ0v) is 23.1. The lowest BCUT2D eigenvalue weighted by molar-refractivity contribution is 0.208. The number of hydrogen-bond donors (Lipinski definition) is 1. The van der Waals surface area contributed by atoms with Crippen LogP contribution in [0.2, 0.25) is 0 Å². The van der Waals surface area contributed by atoms with Gasteiger partial charge in [-0.2, -0.15) is 0 Å². The summed E-state index contributed by atoms with van der Waals surface area (Å²) in [5, 5.41) is 3.90. The number of nitrogens with zero attached hydrogens (tertiary/aromatic N) is 5. The predicted octanol–water partition coefficient (Wildman–Crippen LogP) is 4.80. The van der Waals surface area contributed by atoms with Crippen LogP contribution in [0.25, 0.3) is 10.9 Å². The van der Waals surface area contributed by atoms with Crippen molar-refractivity contribution >= 4 is 28.4 Å². The number of fused-ring (bicyclic) bond motifs is 1. The van der Waals surface area contributed by atoms with E-state index in [0.29, 0.717) is 44.3 Å². The van der Waals surface area contributed by atoms with Gasteiger partial charge in [-0.15, -0.1) is 0 Å². The van der Waals surface area contributed by atoms with Crippen LogP contribution in [0.4, 0.5) is 16.3 Å². The lowest BCUT2D eigenvalue weighted by Crippen LogP contribution is -2.50. The lowest BCUT2D eigenvalue weighted by atomic mass is 10.2. The third-order valence-corrected chi connectivity index (χ3v) is 6.90. The summed E-state index contributed by atoms with van der Waals surface area (Å²) in [5.41, 5.74) is 2.78. The van der Waals surface area contributed by atoms with Crippen molar-refractivity contribution in [3.8, 4) is 11.5 Å². The molecule has 38 heavy (non-hydrogen) atoms. The SMILES string of the molecule is CCCCN(C)CCCOc1cc2ncnc(N3CCN(C(=O)Nc4ccc(C)cc4)CC3)c2cc1OC. The first-order valence-electron chi connectivity index (χ1n) is 13.5. The number of hydrogen-bond acceptors (Lipinski definition) is 7. The van der Waals surface area contributed by atoms with Crippen LogP contribution >= 0.6 is 0 Å². The third kappa shape index (κ3) is 7.04. The number of benzene rings is 2. The average molecular weight is 521 g/mol. The minimum atomic E-state index is -0.0823. The third-order valence-electron chi connectivity index (χ3n) is 6.90. The van der Waals surface area contributed by atoms with Crippen molar-refractivity contribution in [2.24, 2.45) is 0 Å². The maximum absolute atomic E-state index is 12.8. The van der Waals surface area contributed by atoms with Gasteiger partial charge in [0.2, 0.25) is 0 Å². The lowest BCUT2D eigenvalue weighted by Gasteiger charge is -2.35. The van der Waals surface area contributed by atoms with Crippen LogP contribution in [0, 0.1) is 6.92 Å². The molecule has 2 heterocycles. The van der Waals surface area contributed by atoms with Crippen LogP contribution in [0.3, 0.4) is 0 Å². The Morgan fingerprint density at radius 1 is 1.03 bits per heavy atom. The van der Waals surface area contributed by atoms with Gasteiger partial charge in [-0.3, -0.25) is 0 Å². The molecule has 0 atom stereocenters. The summed E-state index contributed by atoms with van der Waals surface area (Å²) in [5.74, 6) is 2.21. The van der Waals surface area contributed by atoms with Crippen molar-refractivity contribution in [2.75, 3.05) is 70.2 Å². The van der Waals surface area contributed by atoms with E-state index in [1.807, 2.05) is 48.2 Å². The van der Waals surface area contributed by atoms with Gasteiger partial charge in [-0.05, 0) is 51.6 Å². The van der Waals surface area contributed by atoms with Crippen molar-refractivity contribution in [2.45, 2.75) is 33.1 Å². The number of aryl methyl sites for hydroxylation is 1. The zero-order chi connectivity index (χ0) is 26.9. The molecule has 2 aromatic carbocycles. The molecule has 4 rings (SSSR count). The smallest absolute Gasteiger partial charge is 0.321 e. The number of nitrogens with one attached hydrogen (secondary N) is 1. The maximum atomic E-state index is 12.8. The molecule has 0 spiro atoms. The molecule has 2 amide bonds. The van der Waals surface area contributed by atoms with Crippen LogP contribution in [0.1, 0.15) is 31.7 Å². The van der Waals surface area contributed by atoms with Gasteiger partial charge >= 0.3 is 6.03 Å². The number of anilines is 2. The number of carbonyl (C=O) groups is 1. The Balaban J connectivity index is 1.38. The Kier molecular flexibility index (Phi) is 9.59. The number of unbranched alkanes of at least 4 members (excludes halogenated alkanes) is 1. The molecule has 1 aliphatic rings. The Bertz CT molecular complexity index is 1190. The fraction of sp³-hybridized carbons (Fsp3) is 0.483. The summed E-state index contributed by atoms with van der Waals surface area (Å²) in [4.78, 5) is 28.2. The summed E-state index contributed by atoms with van der Waals surface area (Å²) >= 11 is 0. The first kappa shape index (κ1) is 27.4. The fourth-order valence-electron chi connectivity index (χ4n) is 4.59. The molecule has 1 saturated heterocycles. The average Bonchev–Trinajstić information content (AvgIpc) is 2.94. The Hall–Kier alpha value is -3.59. The van der Waals surface area contributed by atoms with Crippen molar-refractivity contribution in [3.05, 3.63) is 48.3 Å². The molecule has 0 bridgehead atoms. The zero-order valence-electron chi connectivity index (χ0n) is 23.1. The van der Waals surface area contributed by atoms with E-state index < -0.39 is 0 Å². The molecule has 1 N–H and O–H groups in total. The molecule has 0 unspecified atom stereocenters. The second-order valence-corrected chi connectivity index (χ2v) is 9.85. The van der Waals surface area contributed by atoms with Crippen LogP contribution in [0.5, 0.6) is 11.5 Å². The standard InChI is InChI=1S/C29H40N6O3/c1-5-6-12-33(3)13-7-18-38-27-20-25-24(19-26(27)37-4)28(31-21-30-25)34-14-16-35(17-15-34)29(36)32-23-10-8-22(2)9-11-23/h8-11,19-21H,5-7,12-18H2,1-4H3,(H,32,36). The fourth-order valence-corrected chi connectivity index (χ4v) is 4.59. The highest BCUT2D eigenvalue weighted by Gasteiger charge is 2.24. The number of aromatic nitrogens is 2. The van der Waals surface area contributed by atoms with E-state index in [1.165, 1.54) is 12.8 Å². The molecule has 1 aromatic heterocycles. The van der Waals surface area contributed by atoms with Gasteiger partial charge in [0, 0.05) is 49.9 Å². The van der Waals surface area contributed by atoms with Gasteiger partial charge in [0.05, 0.1) is 19.2 Å². The topological polar surface area (TPSA) is 83.1 Å². The van der Waals surface area contributed by atoms with E-state index in [9.17, 15) is 4.79 Å². The van der Waals surface area contributed by atoms with Gasteiger partial charge in [0.25, 0.3) is 0 Å². The Labute approximate surface area is 225 Å². The molecule has 0 aliphatic carbocycles. The van der Waals surface area contributed by atoms with Crippen molar-refractivity contribution in [1.82, 2.24) is 19.8 Å². The molecule has 9 heteroatoms. The second-order valence-electron chi connectivity index (χ2n) is 9.85. The number of amides is 2. The number of carbonyl (C=O) groups excluding carboxylic acids is 1. The summed E-state index contributed by atoms with van der Waals surface area (Å²) in [7, 11) is 3.81. The van der Waals surface area contributed by atoms with Crippen molar-refractivity contribution in [1.29, 1.82) is 0 Å². The molecular formula is C29H40N6O3. The van der Waals surface area contributed by atoms with Crippen molar-refractivity contribution < 1.29 is 14.3 Å². The van der Waals surface area contributed by atoms with Crippen LogP contribution in [-0.2, 0) is 0 Å². The minimum absolute atomic E-state index is 0.0823. The van der Waals surface area contributed by atoms with E-state index in [0.717, 1.165) is 47.5 Å². The summed E-state index contributed by atoms with van der Waals surface area (Å²) in [6.45, 7) is 9.54. The number of rotatable bonds is 11. The number of piperazine rings is 1. The normalized spacial score (nSPS) is 13.7. The van der Waals surface area contributed by atoms with Gasteiger partial charge in [0.15, 0.2) is 11.5 Å². The van der Waals surface area contributed by atoms with E-state index in [4.69, 9.17) is 9.47 Å². The predicted molar refractivity (Wildman–Crippen MR) is 153 cm³/mol. The first-order valence-corrected chi connectivity index (χ1v) is 13.5. The van der Waals surface area contributed by atoms with E-state index in [1.54, 1.807) is 13.4 Å². The first-order chi connectivity index (χ1) is 18.5. The highest BCUT2D eigenvalue weighted by Crippen LogP contribution is 2.35. The Morgan fingerprint density at radius 2 is 1.76 bits per heavy atom. The highest BCUT2D eigenvalue weighted by atomic mass is 16.5. The van der Waals surface area contributed by atoms with E-state index in [2.05, 4.69) is 39.1 Å². The molecular weight excluding hydrogens is 480 g/mol. The highest BCUT2D eigenvalue weighted by molar-refractivity contribution is 5.92. The summed E-state index contributed by atoms with van der Waals surface area (Å²) in [6, 6.07) is 11.6. The molecule has 9 nitrogen and oxygen atoms in total. The molecule has 204 valence electrons. The monoisotopic (exact) mass is 520 g/mol. The molecule has 0 radical (unpaired) electrons. The van der Waals surface area contributed by atoms with Gasteiger partial charge < -0.3 is 29.5 Å². The van der Waals surface area contributed by atoms with Gasteiger partial charge in [-0.1, -0.05) is 31.0 Å². The van der Waals surface area contributed by atoms with E-state index in [-0.39, 0.29) is 6.03 Å². The van der Waals surface area contributed by atoms with Gasteiger partial charge in [-0.25, -0.2) is 14.8 Å². The van der Waals surface area contributed by atoms with Crippen LogP contribution < -0.4 is 19.7 Å². The van der Waals surface area contributed by atoms with E-state index >= 15 is 0 Å². The summed E-state index contributed by atoms with van der Waals surface area (Å²) in [6.07, 6.45) is 4.96. The summed E-state index contributed by atoms with van der Waals surface area (Å²) < 4.78 is 11.8. The number of ether oxygens (including phenoxy) is 2. The number of urea groups is 1. The molecule has 1 aliphatic heterocycles.